The number of Topliss-reactive ketones (excluding diaryl/α,β-unsaturated/α-hetero) is 1. The Morgan fingerprint density at radius 1 is 1.10 bits per heavy atom. The number of rotatable bonds is 4. The molecular formula is C16H11F2NO2. The van der Waals surface area contributed by atoms with Gasteiger partial charge in [-0.2, -0.15) is 14.0 Å². The Labute approximate surface area is 120 Å². The number of nitrogens with zero attached hydrogens (tertiary/aromatic N) is 1. The van der Waals surface area contributed by atoms with Crippen molar-refractivity contribution >= 4 is 5.78 Å². The minimum absolute atomic E-state index is 0.122. The second-order valence-electron chi connectivity index (χ2n) is 4.45. The van der Waals surface area contributed by atoms with E-state index < -0.39 is 17.8 Å². The lowest BCUT2D eigenvalue weighted by Crippen LogP contribution is -2.35. The van der Waals surface area contributed by atoms with E-state index in [4.69, 9.17) is 5.26 Å². The SMILES string of the molecule is N#Cc1ccc(C(O)C(F)(F)C(=O)c2ccccc2)cc1. The summed E-state index contributed by atoms with van der Waals surface area (Å²) in [5.74, 6) is -5.39. The molecule has 2 aromatic carbocycles. The Kier molecular flexibility index (Phi) is 4.10. The molecule has 2 aromatic rings. The van der Waals surface area contributed by atoms with Gasteiger partial charge in [0.2, 0.25) is 5.78 Å². The van der Waals surface area contributed by atoms with Gasteiger partial charge in [-0.05, 0) is 17.7 Å². The molecule has 0 amide bonds. The van der Waals surface area contributed by atoms with E-state index >= 15 is 0 Å². The molecule has 0 spiro atoms. The highest BCUT2D eigenvalue weighted by Gasteiger charge is 2.47. The monoisotopic (exact) mass is 287 g/mol. The first kappa shape index (κ1) is 14.8. The van der Waals surface area contributed by atoms with Crippen molar-refractivity contribution in [2.45, 2.75) is 12.0 Å². The van der Waals surface area contributed by atoms with E-state index in [1.54, 1.807) is 6.07 Å². The molecular weight excluding hydrogens is 276 g/mol. The topological polar surface area (TPSA) is 61.1 Å². The summed E-state index contributed by atoms with van der Waals surface area (Å²) < 4.78 is 28.2. The van der Waals surface area contributed by atoms with Gasteiger partial charge in [0.15, 0.2) is 6.10 Å². The van der Waals surface area contributed by atoms with Crippen LogP contribution in [-0.2, 0) is 0 Å². The molecule has 0 aliphatic carbocycles. The molecule has 106 valence electrons. The standard InChI is InChI=1S/C16H11F2NO2/c17-16(18,14(20)12-4-2-1-3-5-12)15(21)13-8-6-11(10-19)7-9-13/h1-9,15,21H. The van der Waals surface area contributed by atoms with Gasteiger partial charge in [-0.1, -0.05) is 42.5 Å². The molecule has 0 saturated carbocycles. The summed E-state index contributed by atoms with van der Waals surface area (Å²) in [6, 6.07) is 13.9. The summed E-state index contributed by atoms with van der Waals surface area (Å²) in [7, 11) is 0. The maximum Gasteiger partial charge on any atom is 0.339 e. The molecule has 5 heteroatoms. The molecule has 3 nitrogen and oxygen atoms in total. The predicted octanol–water partition coefficient (Wildman–Crippen LogP) is 3.11. The van der Waals surface area contributed by atoms with Crippen molar-refractivity contribution in [2.24, 2.45) is 0 Å². The Morgan fingerprint density at radius 3 is 2.19 bits per heavy atom. The Bertz CT molecular complexity index is 676. The zero-order valence-electron chi connectivity index (χ0n) is 10.8. The van der Waals surface area contributed by atoms with E-state index in [2.05, 4.69) is 0 Å². The summed E-state index contributed by atoms with van der Waals surface area (Å²) in [6.45, 7) is 0. The lowest BCUT2D eigenvalue weighted by Gasteiger charge is -2.21. The van der Waals surface area contributed by atoms with Gasteiger partial charge in [0, 0.05) is 5.56 Å². The minimum Gasteiger partial charge on any atom is -0.382 e. The Hall–Kier alpha value is -2.58. The van der Waals surface area contributed by atoms with Crippen LogP contribution >= 0.6 is 0 Å². The number of hydrogen-bond acceptors (Lipinski definition) is 3. The van der Waals surface area contributed by atoms with E-state index in [0.29, 0.717) is 0 Å². The van der Waals surface area contributed by atoms with Gasteiger partial charge in [0.1, 0.15) is 0 Å². The molecule has 1 atom stereocenters. The third-order valence-electron chi connectivity index (χ3n) is 3.04. The zero-order valence-corrected chi connectivity index (χ0v) is 10.8. The van der Waals surface area contributed by atoms with Crippen LogP contribution in [0.1, 0.15) is 27.6 Å². The highest BCUT2D eigenvalue weighted by Crippen LogP contribution is 2.34. The minimum atomic E-state index is -3.95. The van der Waals surface area contributed by atoms with Crippen molar-refractivity contribution in [1.82, 2.24) is 0 Å². The van der Waals surface area contributed by atoms with Crippen LogP contribution in [0.2, 0.25) is 0 Å². The van der Waals surface area contributed by atoms with Crippen LogP contribution < -0.4 is 0 Å². The molecule has 0 aliphatic rings. The number of benzene rings is 2. The van der Waals surface area contributed by atoms with Crippen molar-refractivity contribution in [1.29, 1.82) is 5.26 Å². The summed E-state index contributed by atoms with van der Waals surface area (Å²) >= 11 is 0. The summed E-state index contributed by atoms with van der Waals surface area (Å²) in [5, 5.41) is 18.4. The van der Waals surface area contributed by atoms with Crippen LogP contribution in [0.4, 0.5) is 8.78 Å². The van der Waals surface area contributed by atoms with Gasteiger partial charge in [0.05, 0.1) is 11.6 Å². The molecule has 0 aliphatic heterocycles. The molecule has 0 bridgehead atoms. The van der Waals surface area contributed by atoms with Gasteiger partial charge in [-0.3, -0.25) is 4.79 Å². The summed E-state index contributed by atoms with van der Waals surface area (Å²) in [6.07, 6.45) is -2.27. The fourth-order valence-electron chi connectivity index (χ4n) is 1.86. The average molecular weight is 287 g/mol. The molecule has 21 heavy (non-hydrogen) atoms. The number of alkyl halides is 2. The van der Waals surface area contributed by atoms with Gasteiger partial charge in [0.25, 0.3) is 0 Å². The third-order valence-corrected chi connectivity index (χ3v) is 3.04. The van der Waals surface area contributed by atoms with Gasteiger partial charge in [-0.15, -0.1) is 0 Å². The fourth-order valence-corrected chi connectivity index (χ4v) is 1.86. The first-order valence-electron chi connectivity index (χ1n) is 6.12. The van der Waals surface area contributed by atoms with Crippen molar-refractivity contribution in [2.75, 3.05) is 0 Å². The number of hydrogen-bond donors (Lipinski definition) is 1. The maximum absolute atomic E-state index is 14.1. The normalized spacial score (nSPS) is 12.5. The van der Waals surface area contributed by atoms with Crippen molar-refractivity contribution in [3.05, 3.63) is 71.3 Å². The lowest BCUT2D eigenvalue weighted by molar-refractivity contribution is -0.0792. The number of ketones is 1. The Balaban J connectivity index is 2.29. The van der Waals surface area contributed by atoms with Crippen LogP contribution in [0.5, 0.6) is 0 Å². The number of carbonyl (C=O) groups excluding carboxylic acids is 1. The van der Waals surface area contributed by atoms with Crippen molar-refractivity contribution in [3.63, 3.8) is 0 Å². The number of halogens is 2. The highest BCUT2D eigenvalue weighted by molar-refractivity contribution is 6.01. The lowest BCUT2D eigenvalue weighted by atomic mass is 9.96. The number of aliphatic hydroxyl groups excluding tert-OH is 1. The van der Waals surface area contributed by atoms with Crippen LogP contribution in [0.25, 0.3) is 0 Å². The molecule has 2 rings (SSSR count). The first-order chi connectivity index (χ1) is 9.96. The smallest absolute Gasteiger partial charge is 0.339 e. The molecule has 0 heterocycles. The van der Waals surface area contributed by atoms with E-state index in [9.17, 15) is 18.7 Å². The number of aliphatic hydroxyl groups is 1. The molecule has 1 unspecified atom stereocenters. The molecule has 0 radical (unpaired) electrons. The van der Waals surface area contributed by atoms with E-state index in [-0.39, 0.29) is 16.7 Å². The second-order valence-corrected chi connectivity index (χ2v) is 4.45. The van der Waals surface area contributed by atoms with Gasteiger partial charge in [-0.25, -0.2) is 0 Å². The van der Waals surface area contributed by atoms with E-state index in [1.165, 1.54) is 48.5 Å². The van der Waals surface area contributed by atoms with E-state index in [0.717, 1.165) is 0 Å². The molecule has 0 fully saturated rings. The quantitative estimate of drug-likeness (QED) is 0.879. The van der Waals surface area contributed by atoms with Crippen LogP contribution in [0.15, 0.2) is 54.6 Å². The van der Waals surface area contributed by atoms with Crippen molar-refractivity contribution in [3.8, 4) is 6.07 Å². The first-order valence-corrected chi connectivity index (χ1v) is 6.12. The molecule has 0 saturated heterocycles. The summed E-state index contributed by atoms with van der Waals surface area (Å²) in [4.78, 5) is 11.8. The summed E-state index contributed by atoms with van der Waals surface area (Å²) in [5.41, 5.74) is -0.0119. The zero-order chi connectivity index (χ0) is 15.5. The Morgan fingerprint density at radius 2 is 1.67 bits per heavy atom. The van der Waals surface area contributed by atoms with Crippen LogP contribution in [-0.4, -0.2) is 16.8 Å². The predicted molar refractivity (Wildman–Crippen MR) is 71.8 cm³/mol. The molecule has 0 aromatic heterocycles. The number of nitriles is 1. The van der Waals surface area contributed by atoms with E-state index in [1.807, 2.05) is 6.07 Å². The highest BCUT2D eigenvalue weighted by atomic mass is 19.3. The van der Waals surface area contributed by atoms with Gasteiger partial charge < -0.3 is 5.11 Å². The fraction of sp³-hybridized carbons (Fsp3) is 0.125. The maximum atomic E-state index is 14.1. The van der Waals surface area contributed by atoms with Gasteiger partial charge >= 0.3 is 5.92 Å². The van der Waals surface area contributed by atoms with Crippen LogP contribution in [0.3, 0.4) is 0 Å². The second kappa shape index (κ2) is 5.81. The molecule has 1 N–H and O–H groups in total. The average Bonchev–Trinajstić information content (AvgIpc) is 2.54. The van der Waals surface area contributed by atoms with Crippen molar-refractivity contribution < 1.29 is 18.7 Å². The van der Waals surface area contributed by atoms with Crippen LogP contribution in [0, 0.1) is 11.3 Å². The largest absolute Gasteiger partial charge is 0.382 e. The number of carbonyl (C=O) groups is 1. The third kappa shape index (κ3) is 2.96.